The number of benzene rings is 1. The van der Waals surface area contributed by atoms with E-state index in [0.717, 1.165) is 13.1 Å². The first-order valence-electron chi connectivity index (χ1n) is 6.00. The summed E-state index contributed by atoms with van der Waals surface area (Å²) in [7, 11) is 0. The van der Waals surface area contributed by atoms with Crippen LogP contribution in [0.4, 0.5) is 10.1 Å². The smallest absolute Gasteiger partial charge is 0.146 e. The average molecular weight is 222 g/mol. The third-order valence-corrected chi connectivity index (χ3v) is 3.28. The molecule has 0 aromatic heterocycles. The van der Waals surface area contributed by atoms with Crippen molar-refractivity contribution in [2.24, 2.45) is 0 Å². The second kappa shape index (κ2) is 5.30. The summed E-state index contributed by atoms with van der Waals surface area (Å²) in [6.07, 6.45) is 2.58. The maximum absolute atomic E-state index is 13.3. The molecule has 1 heterocycles. The highest BCUT2D eigenvalue weighted by Gasteiger charge is 2.19. The number of anilines is 1. The van der Waals surface area contributed by atoms with Gasteiger partial charge in [0.05, 0.1) is 5.69 Å². The molecular formula is C13H19FN2. The Labute approximate surface area is 96.5 Å². The van der Waals surface area contributed by atoms with Gasteiger partial charge in [0, 0.05) is 19.1 Å². The van der Waals surface area contributed by atoms with Crippen LogP contribution in [0.25, 0.3) is 0 Å². The zero-order valence-electron chi connectivity index (χ0n) is 9.75. The lowest BCUT2D eigenvalue weighted by molar-refractivity contribution is 0.279. The fourth-order valence-electron chi connectivity index (χ4n) is 2.26. The van der Waals surface area contributed by atoms with Gasteiger partial charge in [-0.3, -0.25) is 4.90 Å². The van der Waals surface area contributed by atoms with Crippen molar-refractivity contribution >= 4 is 5.69 Å². The van der Waals surface area contributed by atoms with Crippen LogP contribution in [0.2, 0.25) is 0 Å². The summed E-state index contributed by atoms with van der Waals surface area (Å²) in [6.45, 7) is 5.25. The molecule has 1 aromatic carbocycles. The molecule has 1 aliphatic rings. The van der Waals surface area contributed by atoms with Crippen molar-refractivity contribution in [3.8, 4) is 0 Å². The summed E-state index contributed by atoms with van der Waals surface area (Å²) in [6, 6.07) is 7.51. The first-order valence-corrected chi connectivity index (χ1v) is 6.00. The van der Waals surface area contributed by atoms with Gasteiger partial charge in [0.15, 0.2) is 0 Å². The minimum Gasteiger partial charge on any atom is -0.381 e. The molecule has 0 amide bonds. The van der Waals surface area contributed by atoms with Gasteiger partial charge >= 0.3 is 0 Å². The van der Waals surface area contributed by atoms with E-state index in [2.05, 4.69) is 17.1 Å². The van der Waals surface area contributed by atoms with E-state index in [1.807, 2.05) is 6.07 Å². The molecule has 3 heteroatoms. The van der Waals surface area contributed by atoms with Crippen molar-refractivity contribution in [2.45, 2.75) is 25.8 Å². The maximum Gasteiger partial charge on any atom is 0.146 e. The van der Waals surface area contributed by atoms with Crippen molar-refractivity contribution in [3.05, 3.63) is 30.1 Å². The molecule has 2 nitrogen and oxygen atoms in total. The van der Waals surface area contributed by atoms with Gasteiger partial charge in [-0.25, -0.2) is 4.39 Å². The summed E-state index contributed by atoms with van der Waals surface area (Å²) in [4.78, 5) is 2.45. The molecule has 0 aliphatic carbocycles. The topological polar surface area (TPSA) is 15.3 Å². The maximum atomic E-state index is 13.3. The van der Waals surface area contributed by atoms with E-state index in [0.29, 0.717) is 11.7 Å². The number of nitrogens with one attached hydrogen (secondary N) is 1. The first-order chi connectivity index (χ1) is 7.77. The molecule has 16 heavy (non-hydrogen) atoms. The summed E-state index contributed by atoms with van der Waals surface area (Å²) < 4.78 is 13.3. The monoisotopic (exact) mass is 222 g/mol. The van der Waals surface area contributed by atoms with Crippen molar-refractivity contribution in [2.75, 3.05) is 25.0 Å². The van der Waals surface area contributed by atoms with Crippen LogP contribution in [0, 0.1) is 5.82 Å². The number of likely N-dealkylation sites (tertiary alicyclic amines) is 1. The van der Waals surface area contributed by atoms with E-state index in [1.54, 1.807) is 12.1 Å². The van der Waals surface area contributed by atoms with Crippen LogP contribution < -0.4 is 5.32 Å². The molecule has 1 atom stereocenters. The van der Waals surface area contributed by atoms with Crippen LogP contribution in [-0.4, -0.2) is 30.6 Å². The fraction of sp³-hybridized carbons (Fsp3) is 0.538. The van der Waals surface area contributed by atoms with E-state index in [4.69, 9.17) is 0 Å². The summed E-state index contributed by atoms with van der Waals surface area (Å²) in [5.41, 5.74) is 0.606. The van der Waals surface area contributed by atoms with Gasteiger partial charge in [-0.1, -0.05) is 12.1 Å². The molecule has 2 rings (SSSR count). The molecule has 1 saturated heterocycles. The first kappa shape index (κ1) is 11.4. The molecule has 0 bridgehead atoms. The molecular weight excluding hydrogens is 203 g/mol. The molecule has 1 aromatic rings. The minimum atomic E-state index is -0.169. The third kappa shape index (κ3) is 2.73. The SMILES string of the molecule is CC1CCCN1CCNc1ccccc1F. The van der Waals surface area contributed by atoms with E-state index in [-0.39, 0.29) is 5.82 Å². The zero-order chi connectivity index (χ0) is 11.4. The zero-order valence-corrected chi connectivity index (χ0v) is 9.75. The van der Waals surface area contributed by atoms with Crippen LogP contribution in [-0.2, 0) is 0 Å². The van der Waals surface area contributed by atoms with E-state index < -0.39 is 0 Å². The Kier molecular flexibility index (Phi) is 3.78. The Morgan fingerprint density at radius 2 is 2.25 bits per heavy atom. The molecule has 1 unspecified atom stereocenters. The number of hydrogen-bond donors (Lipinski definition) is 1. The predicted molar refractivity (Wildman–Crippen MR) is 65.2 cm³/mol. The third-order valence-electron chi connectivity index (χ3n) is 3.28. The number of para-hydroxylation sites is 1. The van der Waals surface area contributed by atoms with Gasteiger partial charge in [-0.15, -0.1) is 0 Å². The Morgan fingerprint density at radius 3 is 2.94 bits per heavy atom. The van der Waals surface area contributed by atoms with Crippen LogP contribution in [0.15, 0.2) is 24.3 Å². The summed E-state index contributed by atoms with van der Waals surface area (Å²) in [5, 5.41) is 3.14. The molecule has 1 N–H and O–H groups in total. The average Bonchev–Trinajstić information content (AvgIpc) is 2.67. The Morgan fingerprint density at radius 1 is 1.44 bits per heavy atom. The van der Waals surface area contributed by atoms with Crippen molar-refractivity contribution in [3.63, 3.8) is 0 Å². The van der Waals surface area contributed by atoms with Crippen molar-refractivity contribution < 1.29 is 4.39 Å². The largest absolute Gasteiger partial charge is 0.381 e. The van der Waals surface area contributed by atoms with Crippen LogP contribution in [0.3, 0.4) is 0 Å². The number of hydrogen-bond acceptors (Lipinski definition) is 2. The summed E-state index contributed by atoms with van der Waals surface area (Å²) >= 11 is 0. The Balaban J connectivity index is 1.78. The van der Waals surface area contributed by atoms with Gasteiger partial charge < -0.3 is 5.32 Å². The lowest BCUT2D eigenvalue weighted by Crippen LogP contribution is -2.31. The number of nitrogens with zero attached hydrogens (tertiary/aromatic N) is 1. The minimum absolute atomic E-state index is 0.169. The molecule has 88 valence electrons. The summed E-state index contributed by atoms with van der Waals surface area (Å²) in [5.74, 6) is -0.169. The quantitative estimate of drug-likeness (QED) is 0.842. The standard InChI is InChI=1S/C13H19FN2/c1-11-5-4-9-16(11)10-8-15-13-7-3-2-6-12(13)14/h2-3,6-7,11,15H,4-5,8-10H2,1H3. The van der Waals surface area contributed by atoms with Crippen LogP contribution >= 0.6 is 0 Å². The van der Waals surface area contributed by atoms with E-state index in [1.165, 1.54) is 25.5 Å². The molecule has 0 radical (unpaired) electrons. The lowest BCUT2D eigenvalue weighted by Gasteiger charge is -2.21. The molecule has 0 saturated carbocycles. The van der Waals surface area contributed by atoms with Crippen LogP contribution in [0.1, 0.15) is 19.8 Å². The highest BCUT2D eigenvalue weighted by atomic mass is 19.1. The van der Waals surface area contributed by atoms with Gasteiger partial charge in [0.1, 0.15) is 5.82 Å². The Bertz CT molecular complexity index is 340. The van der Waals surface area contributed by atoms with Gasteiger partial charge in [0.25, 0.3) is 0 Å². The molecule has 0 spiro atoms. The highest BCUT2D eigenvalue weighted by Crippen LogP contribution is 2.16. The molecule has 1 fully saturated rings. The van der Waals surface area contributed by atoms with Gasteiger partial charge in [-0.2, -0.15) is 0 Å². The van der Waals surface area contributed by atoms with Gasteiger partial charge in [0.2, 0.25) is 0 Å². The normalized spacial score (nSPS) is 21.2. The van der Waals surface area contributed by atoms with Crippen LogP contribution in [0.5, 0.6) is 0 Å². The van der Waals surface area contributed by atoms with E-state index >= 15 is 0 Å². The highest BCUT2D eigenvalue weighted by molar-refractivity contribution is 5.44. The number of halogens is 1. The predicted octanol–water partition coefficient (Wildman–Crippen LogP) is 2.72. The number of rotatable bonds is 4. The van der Waals surface area contributed by atoms with Crippen molar-refractivity contribution in [1.29, 1.82) is 0 Å². The van der Waals surface area contributed by atoms with E-state index in [9.17, 15) is 4.39 Å². The van der Waals surface area contributed by atoms with Gasteiger partial charge in [-0.05, 0) is 38.4 Å². The second-order valence-corrected chi connectivity index (χ2v) is 4.43. The second-order valence-electron chi connectivity index (χ2n) is 4.43. The lowest BCUT2D eigenvalue weighted by atomic mass is 10.2. The Hall–Kier alpha value is -1.09. The molecule has 1 aliphatic heterocycles. The fourth-order valence-corrected chi connectivity index (χ4v) is 2.26. The van der Waals surface area contributed by atoms with Crippen molar-refractivity contribution in [1.82, 2.24) is 4.90 Å².